The molecule has 1 spiro atoms. The van der Waals surface area contributed by atoms with Gasteiger partial charge in [0, 0.05) is 11.5 Å². The third-order valence-corrected chi connectivity index (χ3v) is 4.86. The average molecular weight is 239 g/mol. The van der Waals surface area contributed by atoms with Crippen LogP contribution in [0, 0.1) is 5.41 Å². The Bertz CT molecular complexity index is 235. The fourth-order valence-corrected chi connectivity index (χ4v) is 3.93. The second-order valence-electron chi connectivity index (χ2n) is 6.01. The highest BCUT2D eigenvalue weighted by atomic mass is 16.5. The monoisotopic (exact) mass is 239 g/mol. The van der Waals surface area contributed by atoms with Gasteiger partial charge in [0.2, 0.25) is 0 Å². The quantitative estimate of drug-likeness (QED) is 0.766. The van der Waals surface area contributed by atoms with Crippen LogP contribution >= 0.6 is 0 Å². The SMILES string of the molecule is CCCC(C)OC1CC(NCC)C12CCCC2. The molecule has 2 nitrogen and oxygen atoms in total. The Balaban J connectivity index is 1.91. The molecule has 0 aromatic heterocycles. The molecule has 2 fully saturated rings. The summed E-state index contributed by atoms with van der Waals surface area (Å²) in [5, 5.41) is 3.67. The van der Waals surface area contributed by atoms with Gasteiger partial charge in [-0.25, -0.2) is 0 Å². The molecule has 100 valence electrons. The minimum absolute atomic E-state index is 0.449. The number of hydrogen-bond acceptors (Lipinski definition) is 2. The highest BCUT2D eigenvalue weighted by Crippen LogP contribution is 2.55. The van der Waals surface area contributed by atoms with Gasteiger partial charge in [-0.3, -0.25) is 0 Å². The Morgan fingerprint density at radius 2 is 2.00 bits per heavy atom. The van der Waals surface area contributed by atoms with Crippen LogP contribution in [0.4, 0.5) is 0 Å². The molecule has 2 heteroatoms. The molecule has 3 unspecified atom stereocenters. The Morgan fingerprint density at radius 3 is 2.59 bits per heavy atom. The normalized spacial score (nSPS) is 32.6. The van der Waals surface area contributed by atoms with Crippen molar-refractivity contribution in [1.82, 2.24) is 5.32 Å². The Labute approximate surface area is 107 Å². The zero-order chi connectivity index (χ0) is 12.3. The van der Waals surface area contributed by atoms with Crippen molar-refractivity contribution in [2.24, 2.45) is 5.41 Å². The van der Waals surface area contributed by atoms with Gasteiger partial charge in [0.05, 0.1) is 12.2 Å². The lowest BCUT2D eigenvalue weighted by atomic mass is 9.60. The van der Waals surface area contributed by atoms with Crippen LogP contribution < -0.4 is 5.32 Å². The highest BCUT2D eigenvalue weighted by Gasteiger charge is 2.56. The lowest BCUT2D eigenvalue weighted by Gasteiger charge is -2.55. The van der Waals surface area contributed by atoms with Crippen LogP contribution in [0.25, 0.3) is 0 Å². The third kappa shape index (κ3) is 2.53. The molecule has 0 aromatic rings. The first-order valence-electron chi connectivity index (χ1n) is 7.61. The first-order valence-corrected chi connectivity index (χ1v) is 7.61. The standard InChI is InChI=1S/C15H29NO/c1-4-8-12(3)17-14-11-13(16-5-2)15(14)9-6-7-10-15/h12-14,16H,4-11H2,1-3H3. The van der Waals surface area contributed by atoms with E-state index in [1.54, 1.807) is 0 Å². The van der Waals surface area contributed by atoms with Crippen molar-refractivity contribution >= 4 is 0 Å². The van der Waals surface area contributed by atoms with Gasteiger partial charge < -0.3 is 10.1 Å². The number of rotatable bonds is 6. The second kappa shape index (κ2) is 5.71. The minimum Gasteiger partial charge on any atom is -0.375 e. The van der Waals surface area contributed by atoms with Crippen molar-refractivity contribution in [3.63, 3.8) is 0 Å². The Hall–Kier alpha value is -0.0800. The summed E-state index contributed by atoms with van der Waals surface area (Å²) in [5.41, 5.74) is 0.498. The predicted molar refractivity (Wildman–Crippen MR) is 72.2 cm³/mol. The Morgan fingerprint density at radius 1 is 1.29 bits per heavy atom. The third-order valence-electron chi connectivity index (χ3n) is 4.86. The molecule has 3 atom stereocenters. The molecule has 2 saturated carbocycles. The van der Waals surface area contributed by atoms with Crippen molar-refractivity contribution in [3.05, 3.63) is 0 Å². The number of nitrogens with one attached hydrogen (secondary N) is 1. The molecular weight excluding hydrogens is 210 g/mol. The van der Waals surface area contributed by atoms with E-state index in [0.717, 1.165) is 12.6 Å². The molecule has 0 bridgehead atoms. The molecule has 2 aliphatic rings. The fourth-order valence-electron chi connectivity index (χ4n) is 3.93. The smallest absolute Gasteiger partial charge is 0.0664 e. The zero-order valence-electron chi connectivity index (χ0n) is 11.8. The van der Waals surface area contributed by atoms with Gasteiger partial charge in [-0.05, 0) is 39.2 Å². The summed E-state index contributed by atoms with van der Waals surface area (Å²) in [4.78, 5) is 0. The van der Waals surface area contributed by atoms with Crippen molar-refractivity contribution in [2.75, 3.05) is 6.54 Å². The summed E-state index contributed by atoms with van der Waals surface area (Å²) in [6, 6.07) is 0.730. The van der Waals surface area contributed by atoms with Gasteiger partial charge in [0.1, 0.15) is 0 Å². The van der Waals surface area contributed by atoms with Crippen LogP contribution in [0.1, 0.15) is 65.7 Å². The number of ether oxygens (including phenoxy) is 1. The van der Waals surface area contributed by atoms with E-state index in [2.05, 4.69) is 26.1 Å². The Kier molecular flexibility index (Phi) is 4.48. The van der Waals surface area contributed by atoms with E-state index < -0.39 is 0 Å². The first-order chi connectivity index (χ1) is 8.23. The average Bonchev–Trinajstić information content (AvgIpc) is 2.80. The molecule has 0 saturated heterocycles. The summed E-state index contributed by atoms with van der Waals surface area (Å²) >= 11 is 0. The van der Waals surface area contributed by atoms with Crippen LogP contribution in [0.2, 0.25) is 0 Å². The maximum atomic E-state index is 6.30. The van der Waals surface area contributed by atoms with Gasteiger partial charge in [-0.1, -0.05) is 33.1 Å². The van der Waals surface area contributed by atoms with Crippen LogP contribution in [0.3, 0.4) is 0 Å². The molecule has 2 rings (SSSR count). The molecule has 2 aliphatic carbocycles. The van der Waals surface area contributed by atoms with Crippen LogP contribution in [-0.4, -0.2) is 24.8 Å². The second-order valence-corrected chi connectivity index (χ2v) is 6.01. The van der Waals surface area contributed by atoms with E-state index in [-0.39, 0.29) is 0 Å². The van der Waals surface area contributed by atoms with Gasteiger partial charge in [-0.15, -0.1) is 0 Å². The first kappa shape index (κ1) is 13.4. The maximum absolute atomic E-state index is 6.30. The van der Waals surface area contributed by atoms with Crippen molar-refractivity contribution in [1.29, 1.82) is 0 Å². The lowest BCUT2D eigenvalue weighted by Crippen LogP contribution is -2.63. The molecule has 17 heavy (non-hydrogen) atoms. The van der Waals surface area contributed by atoms with E-state index in [1.165, 1.54) is 44.9 Å². The van der Waals surface area contributed by atoms with Crippen molar-refractivity contribution in [3.8, 4) is 0 Å². The summed E-state index contributed by atoms with van der Waals surface area (Å²) < 4.78 is 6.30. The van der Waals surface area contributed by atoms with Crippen LogP contribution in [0.15, 0.2) is 0 Å². The molecule has 0 amide bonds. The molecule has 0 heterocycles. The van der Waals surface area contributed by atoms with Gasteiger partial charge in [-0.2, -0.15) is 0 Å². The summed E-state index contributed by atoms with van der Waals surface area (Å²) in [6.45, 7) is 7.81. The molecule has 0 aliphatic heterocycles. The van der Waals surface area contributed by atoms with E-state index in [1.807, 2.05) is 0 Å². The summed E-state index contributed by atoms with van der Waals surface area (Å²) in [5.74, 6) is 0. The highest BCUT2D eigenvalue weighted by molar-refractivity contribution is 5.10. The maximum Gasteiger partial charge on any atom is 0.0664 e. The topological polar surface area (TPSA) is 21.3 Å². The molecule has 0 aromatic carbocycles. The van der Waals surface area contributed by atoms with Crippen LogP contribution in [-0.2, 0) is 4.74 Å². The minimum atomic E-state index is 0.449. The van der Waals surface area contributed by atoms with Gasteiger partial charge >= 0.3 is 0 Å². The summed E-state index contributed by atoms with van der Waals surface area (Å²) in [6.07, 6.45) is 10.2. The van der Waals surface area contributed by atoms with E-state index in [9.17, 15) is 0 Å². The fraction of sp³-hybridized carbons (Fsp3) is 1.00. The lowest BCUT2D eigenvalue weighted by molar-refractivity contribution is -0.157. The van der Waals surface area contributed by atoms with Gasteiger partial charge in [0.25, 0.3) is 0 Å². The molecular formula is C15H29NO. The molecule has 0 radical (unpaired) electrons. The number of hydrogen-bond donors (Lipinski definition) is 1. The van der Waals surface area contributed by atoms with E-state index >= 15 is 0 Å². The zero-order valence-corrected chi connectivity index (χ0v) is 11.8. The largest absolute Gasteiger partial charge is 0.375 e. The predicted octanol–water partition coefficient (Wildman–Crippen LogP) is 3.50. The van der Waals surface area contributed by atoms with Crippen molar-refractivity contribution in [2.45, 2.75) is 84.0 Å². The van der Waals surface area contributed by atoms with Crippen LogP contribution in [0.5, 0.6) is 0 Å². The molecule has 1 N–H and O–H groups in total. The van der Waals surface area contributed by atoms with E-state index in [0.29, 0.717) is 17.6 Å². The van der Waals surface area contributed by atoms with Gasteiger partial charge in [0.15, 0.2) is 0 Å². The summed E-state index contributed by atoms with van der Waals surface area (Å²) in [7, 11) is 0. The van der Waals surface area contributed by atoms with Crippen molar-refractivity contribution < 1.29 is 4.74 Å². The van der Waals surface area contributed by atoms with E-state index in [4.69, 9.17) is 4.74 Å².